The van der Waals surface area contributed by atoms with Crippen LogP contribution in [0.2, 0.25) is 0 Å². The molecule has 4 heteroatoms. The Labute approximate surface area is 129 Å². The van der Waals surface area contributed by atoms with Crippen molar-refractivity contribution in [2.24, 2.45) is 0 Å². The molecule has 0 aliphatic heterocycles. The van der Waals surface area contributed by atoms with Crippen molar-refractivity contribution in [1.29, 1.82) is 0 Å². The minimum Gasteiger partial charge on any atom is -0.496 e. The Bertz CT molecular complexity index is 780. The number of aryl methyl sites for hydroxylation is 1. The molecule has 0 fully saturated rings. The molecule has 0 aliphatic rings. The summed E-state index contributed by atoms with van der Waals surface area (Å²) in [6, 6.07) is 14.2. The van der Waals surface area contributed by atoms with Crippen LogP contribution in [0.4, 0.5) is 0 Å². The molecule has 0 unspecified atom stereocenters. The molecule has 0 amide bonds. The van der Waals surface area contributed by atoms with Crippen LogP contribution in [0.5, 0.6) is 5.75 Å². The van der Waals surface area contributed by atoms with E-state index in [0.717, 1.165) is 33.7 Å². The number of imidazole rings is 1. The molecule has 0 saturated heterocycles. The number of ether oxygens (including phenoxy) is 1. The highest BCUT2D eigenvalue weighted by Crippen LogP contribution is 2.25. The van der Waals surface area contributed by atoms with Crippen molar-refractivity contribution in [3.63, 3.8) is 0 Å². The monoisotopic (exact) mass is 300 g/mol. The van der Waals surface area contributed by atoms with E-state index >= 15 is 0 Å². The number of fused-ring (bicyclic) bond motifs is 1. The van der Waals surface area contributed by atoms with E-state index < -0.39 is 0 Å². The van der Waals surface area contributed by atoms with Gasteiger partial charge in [0.25, 0.3) is 0 Å². The minimum atomic E-state index is 0.392. The first-order chi connectivity index (χ1) is 10.2. The summed E-state index contributed by atoms with van der Waals surface area (Å²) in [5.41, 5.74) is 4.41. The Morgan fingerprint density at radius 1 is 1.14 bits per heavy atom. The fraction of sp³-hybridized carbons (Fsp3) is 0.235. The van der Waals surface area contributed by atoms with Gasteiger partial charge in [0.15, 0.2) is 0 Å². The molecule has 0 saturated carbocycles. The van der Waals surface area contributed by atoms with Gasteiger partial charge in [-0.15, -0.1) is 11.6 Å². The van der Waals surface area contributed by atoms with Crippen LogP contribution in [0.1, 0.15) is 17.0 Å². The Morgan fingerprint density at radius 2 is 1.95 bits per heavy atom. The van der Waals surface area contributed by atoms with E-state index in [1.807, 2.05) is 18.2 Å². The van der Waals surface area contributed by atoms with Gasteiger partial charge in [-0.3, -0.25) is 0 Å². The summed E-state index contributed by atoms with van der Waals surface area (Å²) in [5, 5.41) is 0. The first kappa shape index (κ1) is 14.0. The van der Waals surface area contributed by atoms with E-state index in [9.17, 15) is 0 Å². The van der Waals surface area contributed by atoms with Crippen molar-refractivity contribution in [3.8, 4) is 5.75 Å². The first-order valence-corrected chi connectivity index (χ1v) is 7.40. The van der Waals surface area contributed by atoms with Gasteiger partial charge in [-0.1, -0.05) is 30.3 Å². The SMILES string of the molecule is COc1ccccc1Cn1c(CCl)nc2c(C)cccc21. The third-order valence-electron chi connectivity index (χ3n) is 3.70. The van der Waals surface area contributed by atoms with Crippen molar-refractivity contribution in [2.75, 3.05) is 7.11 Å². The number of para-hydroxylation sites is 2. The Morgan fingerprint density at radius 3 is 2.71 bits per heavy atom. The van der Waals surface area contributed by atoms with Gasteiger partial charge < -0.3 is 9.30 Å². The zero-order chi connectivity index (χ0) is 14.8. The lowest BCUT2D eigenvalue weighted by atomic mass is 10.2. The number of benzene rings is 2. The highest BCUT2D eigenvalue weighted by Gasteiger charge is 2.13. The number of methoxy groups -OCH3 is 1. The first-order valence-electron chi connectivity index (χ1n) is 6.87. The lowest BCUT2D eigenvalue weighted by Gasteiger charge is -2.11. The van der Waals surface area contributed by atoms with Gasteiger partial charge in [-0.2, -0.15) is 0 Å². The average molecular weight is 301 g/mol. The lowest BCUT2D eigenvalue weighted by molar-refractivity contribution is 0.408. The summed E-state index contributed by atoms with van der Waals surface area (Å²) in [4.78, 5) is 4.67. The number of halogens is 1. The highest BCUT2D eigenvalue weighted by atomic mass is 35.5. The van der Waals surface area contributed by atoms with E-state index in [1.54, 1.807) is 7.11 Å². The summed E-state index contributed by atoms with van der Waals surface area (Å²) in [5.74, 6) is 2.16. The van der Waals surface area contributed by atoms with E-state index in [1.165, 1.54) is 0 Å². The van der Waals surface area contributed by atoms with E-state index in [2.05, 4.69) is 40.7 Å². The zero-order valence-electron chi connectivity index (χ0n) is 12.1. The normalized spacial score (nSPS) is 11.0. The minimum absolute atomic E-state index is 0.392. The van der Waals surface area contributed by atoms with Gasteiger partial charge in [-0.05, 0) is 24.6 Å². The maximum atomic E-state index is 6.08. The molecule has 0 spiro atoms. The Hall–Kier alpha value is -2.00. The van der Waals surface area contributed by atoms with Gasteiger partial charge in [-0.25, -0.2) is 4.98 Å². The highest BCUT2D eigenvalue weighted by molar-refractivity contribution is 6.16. The maximum Gasteiger partial charge on any atom is 0.125 e. The summed E-state index contributed by atoms with van der Waals surface area (Å²) in [6.07, 6.45) is 0. The maximum absolute atomic E-state index is 6.08. The molecule has 0 radical (unpaired) electrons. The van der Waals surface area contributed by atoms with Gasteiger partial charge in [0.1, 0.15) is 11.6 Å². The van der Waals surface area contributed by atoms with Crippen molar-refractivity contribution in [2.45, 2.75) is 19.3 Å². The second-order valence-electron chi connectivity index (χ2n) is 5.00. The van der Waals surface area contributed by atoms with E-state index in [0.29, 0.717) is 12.4 Å². The van der Waals surface area contributed by atoms with Crippen LogP contribution in [0.25, 0.3) is 11.0 Å². The van der Waals surface area contributed by atoms with Gasteiger partial charge in [0.2, 0.25) is 0 Å². The van der Waals surface area contributed by atoms with E-state index in [-0.39, 0.29) is 0 Å². The molecule has 3 aromatic rings. The molecular weight excluding hydrogens is 284 g/mol. The molecule has 3 nitrogen and oxygen atoms in total. The number of hydrogen-bond acceptors (Lipinski definition) is 2. The van der Waals surface area contributed by atoms with Crippen molar-refractivity contribution in [1.82, 2.24) is 9.55 Å². The predicted octanol–water partition coefficient (Wildman–Crippen LogP) is 4.14. The predicted molar refractivity (Wildman–Crippen MR) is 86.1 cm³/mol. The van der Waals surface area contributed by atoms with Crippen molar-refractivity contribution < 1.29 is 4.74 Å². The molecule has 3 rings (SSSR count). The van der Waals surface area contributed by atoms with Crippen LogP contribution in [-0.4, -0.2) is 16.7 Å². The van der Waals surface area contributed by atoms with Crippen LogP contribution in [0.15, 0.2) is 42.5 Å². The van der Waals surface area contributed by atoms with Crippen LogP contribution in [0, 0.1) is 6.92 Å². The summed E-state index contributed by atoms with van der Waals surface area (Å²) in [6.45, 7) is 2.77. The third-order valence-corrected chi connectivity index (χ3v) is 3.94. The second-order valence-corrected chi connectivity index (χ2v) is 5.27. The summed E-state index contributed by atoms with van der Waals surface area (Å²) < 4.78 is 7.60. The van der Waals surface area contributed by atoms with E-state index in [4.69, 9.17) is 16.3 Å². The van der Waals surface area contributed by atoms with Crippen LogP contribution in [-0.2, 0) is 12.4 Å². The van der Waals surface area contributed by atoms with Gasteiger partial charge >= 0.3 is 0 Å². The second kappa shape index (κ2) is 5.78. The van der Waals surface area contributed by atoms with Gasteiger partial charge in [0.05, 0.1) is 30.6 Å². The van der Waals surface area contributed by atoms with Crippen LogP contribution >= 0.6 is 11.6 Å². The fourth-order valence-corrected chi connectivity index (χ4v) is 2.82. The standard InChI is InChI=1S/C17H17ClN2O/c1-12-6-5-8-14-17(12)19-16(10-18)20(14)11-13-7-3-4-9-15(13)21-2/h3-9H,10-11H2,1-2H3. The molecule has 2 aromatic carbocycles. The van der Waals surface area contributed by atoms with Crippen LogP contribution < -0.4 is 4.74 Å². The number of nitrogens with zero attached hydrogens (tertiary/aromatic N) is 2. The smallest absolute Gasteiger partial charge is 0.125 e. The number of alkyl halides is 1. The molecular formula is C17H17ClN2O. The Balaban J connectivity index is 2.13. The van der Waals surface area contributed by atoms with Crippen molar-refractivity contribution >= 4 is 22.6 Å². The molecule has 0 atom stereocenters. The number of rotatable bonds is 4. The molecule has 0 aliphatic carbocycles. The number of hydrogen-bond donors (Lipinski definition) is 0. The quantitative estimate of drug-likeness (QED) is 0.677. The average Bonchev–Trinajstić information content (AvgIpc) is 2.87. The zero-order valence-corrected chi connectivity index (χ0v) is 12.9. The largest absolute Gasteiger partial charge is 0.496 e. The molecule has 108 valence electrons. The number of aromatic nitrogens is 2. The fourth-order valence-electron chi connectivity index (χ4n) is 2.62. The van der Waals surface area contributed by atoms with Gasteiger partial charge in [0, 0.05) is 5.56 Å². The molecule has 1 heterocycles. The third kappa shape index (κ3) is 2.49. The van der Waals surface area contributed by atoms with Crippen molar-refractivity contribution in [3.05, 3.63) is 59.4 Å². The molecule has 0 bridgehead atoms. The Kier molecular flexibility index (Phi) is 3.84. The summed E-state index contributed by atoms with van der Waals surface area (Å²) in [7, 11) is 1.69. The molecule has 0 N–H and O–H groups in total. The lowest BCUT2D eigenvalue weighted by Crippen LogP contribution is -2.05. The van der Waals surface area contributed by atoms with Crippen LogP contribution in [0.3, 0.4) is 0 Å². The molecule has 1 aromatic heterocycles. The molecule has 21 heavy (non-hydrogen) atoms. The topological polar surface area (TPSA) is 27.1 Å². The summed E-state index contributed by atoms with van der Waals surface area (Å²) >= 11 is 6.08.